The van der Waals surface area contributed by atoms with Gasteiger partial charge in [0.25, 0.3) is 0 Å². The summed E-state index contributed by atoms with van der Waals surface area (Å²) in [6.45, 7) is 12.9. The van der Waals surface area contributed by atoms with Crippen molar-refractivity contribution in [2.45, 2.75) is 78.0 Å². The molecule has 0 bridgehead atoms. The molecule has 1 unspecified atom stereocenters. The first kappa shape index (κ1) is 27.7. The van der Waals surface area contributed by atoms with Crippen molar-refractivity contribution in [1.29, 1.82) is 0 Å². The second kappa shape index (κ2) is 10.3. The highest BCUT2D eigenvalue weighted by atomic mass is 19.4. The van der Waals surface area contributed by atoms with Crippen molar-refractivity contribution in [3.8, 4) is 0 Å². The van der Waals surface area contributed by atoms with E-state index in [4.69, 9.17) is 4.74 Å². The van der Waals surface area contributed by atoms with E-state index in [0.29, 0.717) is 11.8 Å². The molecule has 4 nitrogen and oxygen atoms in total. The fraction of sp³-hybridized carbons (Fsp3) is 0.677. The van der Waals surface area contributed by atoms with Gasteiger partial charge in [0.2, 0.25) is 0 Å². The van der Waals surface area contributed by atoms with Gasteiger partial charge >= 0.3 is 6.18 Å². The van der Waals surface area contributed by atoms with Gasteiger partial charge in [0, 0.05) is 36.4 Å². The summed E-state index contributed by atoms with van der Waals surface area (Å²) in [6, 6.07) is 4.12. The number of ether oxygens (including phenoxy) is 1. The summed E-state index contributed by atoms with van der Waals surface area (Å²) in [5.41, 5.74) is 2.31. The Morgan fingerprint density at radius 3 is 2.63 bits per heavy atom. The summed E-state index contributed by atoms with van der Waals surface area (Å²) in [5, 5.41) is 11.3. The third-order valence-corrected chi connectivity index (χ3v) is 9.64. The molecule has 0 amide bonds. The summed E-state index contributed by atoms with van der Waals surface area (Å²) in [5.74, 6) is 1.21. The molecule has 5 rings (SSSR count). The summed E-state index contributed by atoms with van der Waals surface area (Å²) in [6.07, 6.45) is 4.44. The summed E-state index contributed by atoms with van der Waals surface area (Å²) >= 11 is 0. The van der Waals surface area contributed by atoms with E-state index in [9.17, 15) is 18.3 Å². The Balaban J connectivity index is 1.31. The van der Waals surface area contributed by atoms with Crippen LogP contribution in [-0.2, 0) is 17.3 Å². The number of allylic oxidation sites excluding steroid dienone is 1. The molecule has 38 heavy (non-hydrogen) atoms. The quantitative estimate of drug-likeness (QED) is 0.411. The Hall–Kier alpha value is -1.83. The highest BCUT2D eigenvalue weighted by molar-refractivity contribution is 5.86. The van der Waals surface area contributed by atoms with E-state index < -0.39 is 17.8 Å². The molecular weight excluding hydrogens is 489 g/mol. The van der Waals surface area contributed by atoms with Crippen LogP contribution in [0.25, 0.3) is 10.9 Å². The van der Waals surface area contributed by atoms with Gasteiger partial charge in [-0.2, -0.15) is 13.2 Å². The fourth-order valence-electron chi connectivity index (χ4n) is 6.97. The smallest absolute Gasteiger partial charge is 0.388 e. The third-order valence-electron chi connectivity index (χ3n) is 9.64. The van der Waals surface area contributed by atoms with E-state index in [1.807, 2.05) is 6.08 Å². The number of rotatable bonds is 5. The van der Waals surface area contributed by atoms with Gasteiger partial charge in [0.15, 0.2) is 0 Å². The zero-order valence-corrected chi connectivity index (χ0v) is 23.2. The Bertz CT molecular complexity index is 1160. The number of H-pyrrole nitrogens is 1. The van der Waals surface area contributed by atoms with Gasteiger partial charge in [-0.3, -0.25) is 0 Å². The molecule has 4 atom stereocenters. The highest BCUT2D eigenvalue weighted by Gasteiger charge is 2.41. The van der Waals surface area contributed by atoms with Crippen molar-refractivity contribution < 1.29 is 23.0 Å². The first-order chi connectivity index (χ1) is 17.9. The molecule has 0 radical (unpaired) electrons. The normalized spacial score (nSPS) is 27.4. The number of aromatic nitrogens is 1. The molecule has 2 N–H and O–H groups in total. The number of alkyl halides is 3. The van der Waals surface area contributed by atoms with Crippen LogP contribution in [-0.4, -0.2) is 53.9 Å². The number of piperidine rings is 1. The van der Waals surface area contributed by atoms with Gasteiger partial charge < -0.3 is 19.7 Å². The van der Waals surface area contributed by atoms with Crippen molar-refractivity contribution >= 4 is 10.9 Å². The number of aromatic amines is 1. The van der Waals surface area contributed by atoms with Crippen LogP contribution >= 0.6 is 0 Å². The van der Waals surface area contributed by atoms with Crippen LogP contribution in [0.2, 0.25) is 0 Å². The zero-order valence-electron chi connectivity index (χ0n) is 23.2. The van der Waals surface area contributed by atoms with Crippen LogP contribution in [0.3, 0.4) is 0 Å². The number of nitrogens with one attached hydrogen (secondary N) is 1. The standard InChI is InChI=1S/C31H43F3N2O2/c1-20-24-19-36(14-10-30(11-15-38-16-12-30)9-7-27(37)29(2,3)4)13-8-21(24)17-26-28(20)23-18-22(31(32,33)34)5-6-25(23)35-26/h5-7,9,18,20-21,24,27,35,37H,8,10-17,19H2,1-4H3/b9-7+/t20-,21-,24-,27?/m1/s1. The van der Waals surface area contributed by atoms with Crippen molar-refractivity contribution in [3.05, 3.63) is 47.2 Å². The van der Waals surface area contributed by atoms with Gasteiger partial charge in [-0.25, -0.2) is 0 Å². The Kier molecular flexibility index (Phi) is 7.51. The first-order valence-electron chi connectivity index (χ1n) is 14.3. The molecule has 2 aliphatic heterocycles. The molecule has 3 aliphatic rings. The van der Waals surface area contributed by atoms with Gasteiger partial charge in [-0.1, -0.05) is 39.8 Å². The molecule has 0 saturated carbocycles. The van der Waals surface area contributed by atoms with Gasteiger partial charge in [0.05, 0.1) is 11.7 Å². The van der Waals surface area contributed by atoms with Crippen molar-refractivity contribution in [2.24, 2.45) is 22.7 Å². The minimum atomic E-state index is -4.34. The van der Waals surface area contributed by atoms with E-state index in [0.717, 1.165) is 87.1 Å². The SMILES string of the molecule is C[C@H]1c2c([nH]c3ccc(C(F)(F)F)cc23)C[C@H]2CCN(CCC3(/C=C/C(O)C(C)(C)C)CCOCC3)C[C@@H]21. The maximum absolute atomic E-state index is 13.5. The van der Waals surface area contributed by atoms with Gasteiger partial charge in [-0.15, -0.1) is 0 Å². The molecule has 2 fully saturated rings. The van der Waals surface area contributed by atoms with E-state index in [1.54, 1.807) is 6.07 Å². The Labute approximate surface area is 224 Å². The average Bonchev–Trinajstić information content (AvgIpc) is 3.24. The minimum absolute atomic E-state index is 0.0392. The number of benzene rings is 1. The molecule has 3 heterocycles. The molecular formula is C31H43F3N2O2. The van der Waals surface area contributed by atoms with E-state index in [2.05, 4.69) is 43.7 Å². The van der Waals surface area contributed by atoms with Crippen LogP contribution in [0.1, 0.15) is 76.1 Å². The molecule has 1 aromatic heterocycles. The third kappa shape index (κ3) is 5.57. The van der Waals surface area contributed by atoms with E-state index in [-0.39, 0.29) is 16.7 Å². The summed E-state index contributed by atoms with van der Waals surface area (Å²) in [7, 11) is 0. The number of fused-ring (bicyclic) bond motifs is 4. The second-order valence-electron chi connectivity index (χ2n) is 13.2. The number of aliphatic hydroxyl groups is 1. The lowest BCUT2D eigenvalue weighted by Gasteiger charge is -2.45. The van der Waals surface area contributed by atoms with Gasteiger partial charge in [0.1, 0.15) is 0 Å². The monoisotopic (exact) mass is 532 g/mol. The topological polar surface area (TPSA) is 48.5 Å². The van der Waals surface area contributed by atoms with Crippen molar-refractivity contribution in [2.75, 3.05) is 32.8 Å². The fourth-order valence-corrected chi connectivity index (χ4v) is 6.97. The first-order valence-corrected chi connectivity index (χ1v) is 14.3. The highest BCUT2D eigenvalue weighted by Crippen LogP contribution is 2.47. The minimum Gasteiger partial charge on any atom is -0.388 e. The molecule has 7 heteroatoms. The van der Waals surface area contributed by atoms with Gasteiger partial charge in [-0.05, 0) is 97.5 Å². The van der Waals surface area contributed by atoms with Crippen molar-refractivity contribution in [1.82, 2.24) is 9.88 Å². The number of nitrogens with zero attached hydrogens (tertiary/aromatic N) is 1. The van der Waals surface area contributed by atoms with Crippen LogP contribution < -0.4 is 0 Å². The Morgan fingerprint density at radius 2 is 1.95 bits per heavy atom. The van der Waals surface area contributed by atoms with Crippen LogP contribution in [0.4, 0.5) is 13.2 Å². The van der Waals surface area contributed by atoms with Crippen LogP contribution in [0, 0.1) is 22.7 Å². The molecule has 1 aromatic carbocycles. The number of hydrogen-bond acceptors (Lipinski definition) is 3. The lowest BCUT2D eigenvalue weighted by Crippen LogP contribution is -2.46. The average molecular weight is 533 g/mol. The number of aliphatic hydroxyl groups excluding tert-OH is 1. The largest absolute Gasteiger partial charge is 0.416 e. The molecule has 2 aromatic rings. The lowest BCUT2D eigenvalue weighted by molar-refractivity contribution is -0.137. The van der Waals surface area contributed by atoms with E-state index >= 15 is 0 Å². The molecule has 2 saturated heterocycles. The number of likely N-dealkylation sites (tertiary alicyclic amines) is 1. The lowest BCUT2D eigenvalue weighted by atomic mass is 9.68. The predicted octanol–water partition coefficient (Wildman–Crippen LogP) is 6.93. The summed E-state index contributed by atoms with van der Waals surface area (Å²) in [4.78, 5) is 6.03. The van der Waals surface area contributed by atoms with Crippen molar-refractivity contribution in [3.63, 3.8) is 0 Å². The van der Waals surface area contributed by atoms with Crippen LogP contribution in [0.15, 0.2) is 30.4 Å². The Morgan fingerprint density at radius 1 is 1.21 bits per heavy atom. The maximum atomic E-state index is 13.5. The molecule has 210 valence electrons. The summed E-state index contributed by atoms with van der Waals surface area (Å²) < 4.78 is 46.0. The zero-order chi connectivity index (χ0) is 27.3. The predicted molar refractivity (Wildman–Crippen MR) is 145 cm³/mol. The molecule has 1 aliphatic carbocycles. The second-order valence-corrected chi connectivity index (χ2v) is 13.2. The molecule has 0 spiro atoms. The maximum Gasteiger partial charge on any atom is 0.416 e. The van der Waals surface area contributed by atoms with E-state index in [1.165, 1.54) is 12.1 Å². The number of hydrogen-bond donors (Lipinski definition) is 2. The van der Waals surface area contributed by atoms with Crippen LogP contribution in [0.5, 0.6) is 0 Å². The number of halogens is 3.